The van der Waals surface area contributed by atoms with Crippen molar-refractivity contribution < 1.29 is 9.53 Å². The minimum Gasteiger partial charge on any atom is -0.384 e. The third-order valence-corrected chi connectivity index (χ3v) is 5.91. The molecule has 108 valence electrons. The van der Waals surface area contributed by atoms with E-state index in [1.165, 1.54) is 38.5 Å². The molecule has 0 aromatic carbocycles. The Balaban J connectivity index is 1.63. The molecule has 4 aliphatic carbocycles. The van der Waals surface area contributed by atoms with Crippen molar-refractivity contribution in [2.45, 2.75) is 57.9 Å². The van der Waals surface area contributed by atoms with Crippen molar-refractivity contribution in [1.82, 2.24) is 5.32 Å². The van der Waals surface area contributed by atoms with Gasteiger partial charge in [-0.2, -0.15) is 0 Å². The fourth-order valence-corrected chi connectivity index (χ4v) is 5.37. The molecule has 0 unspecified atom stereocenters. The molecular weight excluding hydrogens is 238 g/mol. The summed E-state index contributed by atoms with van der Waals surface area (Å²) in [6, 6.07) is 0.338. The van der Waals surface area contributed by atoms with Crippen LogP contribution in [0.5, 0.6) is 0 Å². The maximum absolute atomic E-state index is 11.9. The zero-order valence-electron chi connectivity index (χ0n) is 12.3. The molecule has 4 rings (SSSR count). The lowest BCUT2D eigenvalue weighted by Crippen LogP contribution is -2.55. The topological polar surface area (TPSA) is 38.3 Å². The summed E-state index contributed by atoms with van der Waals surface area (Å²) in [5.41, 5.74) is 0.414. The fraction of sp³-hybridized carbons (Fsp3) is 0.938. The average Bonchev–Trinajstić information content (AvgIpc) is 2.34. The molecule has 0 aliphatic heterocycles. The lowest BCUT2D eigenvalue weighted by Gasteiger charge is -2.59. The van der Waals surface area contributed by atoms with Crippen molar-refractivity contribution in [2.24, 2.45) is 23.2 Å². The van der Waals surface area contributed by atoms with Gasteiger partial charge in [-0.25, -0.2) is 0 Å². The van der Waals surface area contributed by atoms with Gasteiger partial charge in [-0.3, -0.25) is 4.79 Å². The minimum absolute atomic E-state index is 0.157. The van der Waals surface area contributed by atoms with E-state index in [1.54, 1.807) is 7.11 Å². The van der Waals surface area contributed by atoms with Crippen LogP contribution in [0.25, 0.3) is 0 Å². The molecule has 0 saturated heterocycles. The van der Waals surface area contributed by atoms with Gasteiger partial charge in [0.2, 0.25) is 5.91 Å². The second-order valence-corrected chi connectivity index (χ2v) is 7.31. The summed E-state index contributed by atoms with van der Waals surface area (Å²) in [5, 5.41) is 3.25. The molecule has 1 N–H and O–H groups in total. The molecule has 4 fully saturated rings. The van der Waals surface area contributed by atoms with E-state index in [1.807, 2.05) is 0 Å². The Hall–Kier alpha value is -0.570. The van der Waals surface area contributed by atoms with Crippen LogP contribution >= 0.6 is 0 Å². The zero-order chi connectivity index (χ0) is 13.5. The van der Waals surface area contributed by atoms with Crippen LogP contribution in [0.1, 0.15) is 51.9 Å². The summed E-state index contributed by atoms with van der Waals surface area (Å²) in [6.07, 6.45) is 8.93. The van der Waals surface area contributed by atoms with Crippen LogP contribution in [-0.2, 0) is 9.53 Å². The van der Waals surface area contributed by atoms with Crippen LogP contribution < -0.4 is 5.32 Å². The van der Waals surface area contributed by atoms with Crippen LogP contribution in [0.2, 0.25) is 0 Å². The van der Waals surface area contributed by atoms with Gasteiger partial charge in [-0.05, 0) is 68.6 Å². The molecule has 19 heavy (non-hydrogen) atoms. The molecule has 0 spiro atoms. The Morgan fingerprint density at radius 1 is 1.21 bits per heavy atom. The highest BCUT2D eigenvalue weighted by Crippen LogP contribution is 2.61. The second kappa shape index (κ2) is 5.08. The van der Waals surface area contributed by atoms with E-state index in [-0.39, 0.29) is 5.91 Å². The van der Waals surface area contributed by atoms with Crippen LogP contribution in [0.15, 0.2) is 0 Å². The normalized spacial score (nSPS) is 41.3. The number of nitrogens with one attached hydrogen (secondary N) is 1. The molecule has 0 radical (unpaired) electrons. The third-order valence-electron chi connectivity index (χ3n) is 5.91. The first kappa shape index (κ1) is 13.4. The number of carbonyl (C=O) groups is 1. The van der Waals surface area contributed by atoms with Crippen LogP contribution in [0, 0.1) is 23.2 Å². The Bertz CT molecular complexity index is 317. The van der Waals surface area contributed by atoms with E-state index in [2.05, 4.69) is 12.2 Å². The molecule has 3 nitrogen and oxygen atoms in total. The molecule has 4 aliphatic rings. The SMILES string of the molecule is COCCC(=O)N[C@H](C)C12CC3CC(CC(C3)C1)C2. The van der Waals surface area contributed by atoms with Crippen molar-refractivity contribution in [2.75, 3.05) is 13.7 Å². The maximum Gasteiger partial charge on any atom is 0.222 e. The Morgan fingerprint density at radius 2 is 1.74 bits per heavy atom. The van der Waals surface area contributed by atoms with Gasteiger partial charge in [0.05, 0.1) is 6.61 Å². The maximum atomic E-state index is 11.9. The number of rotatable bonds is 5. The van der Waals surface area contributed by atoms with Gasteiger partial charge in [0.1, 0.15) is 0 Å². The Labute approximate surface area is 116 Å². The Kier molecular flexibility index (Phi) is 3.59. The Morgan fingerprint density at radius 3 is 2.21 bits per heavy atom. The van der Waals surface area contributed by atoms with Gasteiger partial charge >= 0.3 is 0 Å². The van der Waals surface area contributed by atoms with Gasteiger partial charge < -0.3 is 10.1 Å². The summed E-state index contributed by atoms with van der Waals surface area (Å²) in [7, 11) is 1.65. The molecule has 1 atom stereocenters. The lowest BCUT2D eigenvalue weighted by atomic mass is 9.48. The van der Waals surface area contributed by atoms with Crippen molar-refractivity contribution in [3.05, 3.63) is 0 Å². The average molecular weight is 265 g/mol. The monoisotopic (exact) mass is 265 g/mol. The lowest BCUT2D eigenvalue weighted by molar-refractivity contribution is -0.126. The van der Waals surface area contributed by atoms with Gasteiger partial charge in [0, 0.05) is 19.6 Å². The van der Waals surface area contributed by atoms with Gasteiger partial charge in [-0.15, -0.1) is 0 Å². The summed E-state index contributed by atoms with van der Waals surface area (Å²) in [5.74, 6) is 3.00. The van der Waals surface area contributed by atoms with E-state index in [0.717, 1.165) is 17.8 Å². The molecule has 0 aromatic rings. The first-order valence-corrected chi connectivity index (χ1v) is 7.89. The zero-order valence-corrected chi connectivity index (χ0v) is 12.3. The molecule has 4 bridgehead atoms. The number of amides is 1. The largest absolute Gasteiger partial charge is 0.384 e. The summed E-state index contributed by atoms with van der Waals surface area (Å²) in [4.78, 5) is 11.9. The summed E-state index contributed by atoms with van der Waals surface area (Å²) in [6.45, 7) is 2.76. The van der Waals surface area contributed by atoms with Gasteiger partial charge in [0.25, 0.3) is 0 Å². The minimum atomic E-state index is 0.157. The van der Waals surface area contributed by atoms with E-state index in [4.69, 9.17) is 4.74 Å². The predicted octanol–water partition coefficient (Wildman–Crippen LogP) is 2.74. The molecule has 0 heterocycles. The van der Waals surface area contributed by atoms with Crippen LogP contribution in [0.4, 0.5) is 0 Å². The molecule has 0 aromatic heterocycles. The third kappa shape index (κ3) is 2.54. The fourth-order valence-electron chi connectivity index (χ4n) is 5.37. The van der Waals surface area contributed by atoms with Crippen molar-refractivity contribution in [1.29, 1.82) is 0 Å². The smallest absolute Gasteiger partial charge is 0.222 e. The van der Waals surface area contributed by atoms with Crippen molar-refractivity contribution in [3.63, 3.8) is 0 Å². The van der Waals surface area contributed by atoms with Crippen LogP contribution in [0.3, 0.4) is 0 Å². The first-order valence-electron chi connectivity index (χ1n) is 7.89. The molecule has 3 heteroatoms. The molecule has 4 saturated carbocycles. The second-order valence-electron chi connectivity index (χ2n) is 7.31. The van der Waals surface area contributed by atoms with Crippen LogP contribution in [-0.4, -0.2) is 25.7 Å². The summed E-state index contributed by atoms with van der Waals surface area (Å²) >= 11 is 0. The quantitative estimate of drug-likeness (QED) is 0.830. The number of hydrogen-bond acceptors (Lipinski definition) is 2. The summed E-state index contributed by atoms with van der Waals surface area (Å²) < 4.78 is 4.98. The first-order chi connectivity index (χ1) is 9.11. The molecule has 1 amide bonds. The predicted molar refractivity (Wildman–Crippen MR) is 74.7 cm³/mol. The number of hydrogen-bond donors (Lipinski definition) is 1. The van der Waals surface area contributed by atoms with Gasteiger partial charge in [-0.1, -0.05) is 0 Å². The van der Waals surface area contributed by atoms with E-state index in [0.29, 0.717) is 24.5 Å². The highest BCUT2D eigenvalue weighted by molar-refractivity contribution is 5.76. The number of ether oxygens (including phenoxy) is 1. The van der Waals surface area contributed by atoms with Gasteiger partial charge in [0.15, 0.2) is 0 Å². The van der Waals surface area contributed by atoms with E-state index >= 15 is 0 Å². The van der Waals surface area contributed by atoms with Crippen molar-refractivity contribution >= 4 is 5.91 Å². The highest BCUT2D eigenvalue weighted by Gasteiger charge is 2.53. The number of methoxy groups -OCH3 is 1. The molecular formula is C16H27NO2. The number of carbonyl (C=O) groups excluding carboxylic acids is 1. The highest BCUT2D eigenvalue weighted by atomic mass is 16.5. The van der Waals surface area contributed by atoms with E-state index < -0.39 is 0 Å². The van der Waals surface area contributed by atoms with E-state index in [9.17, 15) is 4.79 Å². The standard InChI is InChI=1S/C16H27NO2/c1-11(17-15(18)3-4-19-2)16-8-12-5-13(9-16)7-14(6-12)10-16/h11-14H,3-10H2,1-2H3,(H,17,18)/t11-,12?,13?,14?,16?/m1/s1. The van der Waals surface area contributed by atoms with Crippen molar-refractivity contribution in [3.8, 4) is 0 Å².